The number of carbonyl (C=O) groups excluding carboxylic acids is 1. The molecule has 1 rings (SSSR count). The van der Waals surface area contributed by atoms with Gasteiger partial charge in [0.25, 0.3) is 0 Å². The lowest BCUT2D eigenvalue weighted by Crippen LogP contribution is -2.87. The highest BCUT2D eigenvalue weighted by atomic mass is 19.4. The molecule has 1 saturated carbocycles. The van der Waals surface area contributed by atoms with Gasteiger partial charge in [0.15, 0.2) is 0 Å². The molecule has 1 aliphatic carbocycles. The summed E-state index contributed by atoms with van der Waals surface area (Å²) in [5, 5.41) is 0. The average molecular weight is 324 g/mol. The van der Waals surface area contributed by atoms with E-state index in [1.807, 2.05) is 0 Å². The van der Waals surface area contributed by atoms with Crippen molar-refractivity contribution < 1.29 is 45.0 Å². The van der Waals surface area contributed by atoms with Crippen molar-refractivity contribution in [2.24, 2.45) is 0 Å². The molecule has 0 aromatic heterocycles. The minimum Gasteiger partial charge on any atom is -0.502 e. The molecule has 0 aliphatic heterocycles. The molecule has 0 aromatic carbocycles. The van der Waals surface area contributed by atoms with E-state index in [4.69, 9.17) is 0 Å². The highest BCUT2D eigenvalue weighted by molar-refractivity contribution is 5.85. The number of rotatable bonds is 7. The van der Waals surface area contributed by atoms with Crippen LogP contribution in [0.15, 0.2) is 12.8 Å². The highest BCUT2D eigenvalue weighted by Gasteiger charge is 3.03. The number of carbonyl (C=O) groups is 1. The smallest absolute Gasteiger partial charge is 0.380 e. The van der Waals surface area contributed by atoms with E-state index in [2.05, 4.69) is 16.1 Å². The second kappa shape index (κ2) is 5.38. The molecule has 0 aromatic rings. The monoisotopic (exact) mass is 324 g/mol. The Labute approximate surface area is 114 Å². The lowest BCUT2D eigenvalue weighted by molar-refractivity contribution is -0.461. The average Bonchev–Trinajstić information content (AvgIpc) is 2.40. The van der Waals surface area contributed by atoms with Crippen molar-refractivity contribution >= 4 is 5.97 Å². The van der Waals surface area contributed by atoms with Gasteiger partial charge in [0.05, 0.1) is 19.5 Å². The summed E-state index contributed by atoms with van der Waals surface area (Å²) in [5.41, 5.74) is -5.37. The summed E-state index contributed by atoms with van der Waals surface area (Å²) in [6, 6.07) is 0. The van der Waals surface area contributed by atoms with Crippen LogP contribution >= 0.6 is 0 Å². The molecule has 0 N–H and O–H groups in total. The minimum absolute atomic E-state index is 0.0246. The first-order valence-corrected chi connectivity index (χ1v) is 5.70. The SMILES string of the molecule is C=COCCCCOC(=O)C1(F)C(F)(F)C(F)(F)C1(F)F. The van der Waals surface area contributed by atoms with Crippen LogP contribution in [0, 0.1) is 0 Å². The van der Waals surface area contributed by atoms with Gasteiger partial charge in [0.1, 0.15) is 0 Å². The van der Waals surface area contributed by atoms with Gasteiger partial charge < -0.3 is 9.47 Å². The number of halogens is 7. The Morgan fingerprint density at radius 3 is 1.86 bits per heavy atom. The van der Waals surface area contributed by atoms with Gasteiger partial charge in [-0.25, -0.2) is 9.18 Å². The first-order valence-electron chi connectivity index (χ1n) is 5.70. The van der Waals surface area contributed by atoms with Crippen molar-refractivity contribution in [3.63, 3.8) is 0 Å². The van der Waals surface area contributed by atoms with E-state index in [1.54, 1.807) is 0 Å². The Kier molecular flexibility index (Phi) is 4.50. The van der Waals surface area contributed by atoms with Gasteiger partial charge in [-0.1, -0.05) is 6.58 Å². The van der Waals surface area contributed by atoms with Gasteiger partial charge in [-0.05, 0) is 12.8 Å². The molecule has 0 unspecified atom stereocenters. The van der Waals surface area contributed by atoms with Gasteiger partial charge in [0, 0.05) is 0 Å². The Bertz CT molecular complexity index is 404. The Balaban J connectivity index is 2.63. The zero-order valence-electron chi connectivity index (χ0n) is 10.5. The maximum Gasteiger partial charge on any atom is 0.380 e. The summed E-state index contributed by atoms with van der Waals surface area (Å²) >= 11 is 0. The number of esters is 1. The van der Waals surface area contributed by atoms with Crippen LogP contribution in [0.3, 0.4) is 0 Å². The van der Waals surface area contributed by atoms with Crippen molar-refractivity contribution in [2.75, 3.05) is 13.2 Å². The molecule has 1 aliphatic rings. The third-order valence-corrected chi connectivity index (χ3v) is 2.94. The second-order valence-electron chi connectivity index (χ2n) is 4.26. The second-order valence-corrected chi connectivity index (χ2v) is 4.26. The van der Waals surface area contributed by atoms with Gasteiger partial charge in [-0.2, -0.15) is 26.3 Å². The van der Waals surface area contributed by atoms with E-state index in [-0.39, 0.29) is 19.4 Å². The quantitative estimate of drug-likeness (QED) is 0.312. The maximum absolute atomic E-state index is 13.5. The molecule has 21 heavy (non-hydrogen) atoms. The van der Waals surface area contributed by atoms with Crippen LogP contribution in [0.2, 0.25) is 0 Å². The first-order chi connectivity index (χ1) is 9.48. The molecular formula is C11H11F7O3. The van der Waals surface area contributed by atoms with Gasteiger partial charge in [-0.3, -0.25) is 0 Å². The van der Waals surface area contributed by atoms with Crippen LogP contribution in [-0.4, -0.2) is 42.6 Å². The number of hydrogen-bond acceptors (Lipinski definition) is 3. The number of ether oxygens (including phenoxy) is 2. The van der Waals surface area contributed by atoms with Gasteiger partial charge >= 0.3 is 29.4 Å². The van der Waals surface area contributed by atoms with Crippen molar-refractivity contribution in [2.45, 2.75) is 36.3 Å². The summed E-state index contributed by atoms with van der Waals surface area (Å²) in [5.74, 6) is -20.3. The molecule has 0 amide bonds. The molecule has 10 heteroatoms. The van der Waals surface area contributed by atoms with Crippen LogP contribution < -0.4 is 0 Å². The molecule has 1 fully saturated rings. The fourth-order valence-electron chi connectivity index (χ4n) is 1.66. The van der Waals surface area contributed by atoms with Crippen molar-refractivity contribution in [1.82, 2.24) is 0 Å². The van der Waals surface area contributed by atoms with Gasteiger partial charge in [0.2, 0.25) is 0 Å². The predicted molar refractivity (Wildman–Crippen MR) is 55.0 cm³/mol. The normalized spacial score (nSPS) is 23.8. The highest BCUT2D eigenvalue weighted by Crippen LogP contribution is 2.68. The Morgan fingerprint density at radius 2 is 1.38 bits per heavy atom. The van der Waals surface area contributed by atoms with E-state index in [0.29, 0.717) is 0 Å². The van der Waals surface area contributed by atoms with E-state index in [9.17, 15) is 35.5 Å². The van der Waals surface area contributed by atoms with Crippen molar-refractivity contribution in [3.8, 4) is 0 Å². The predicted octanol–water partition coefficient (Wildman–Crippen LogP) is 3.10. The molecular weight excluding hydrogens is 313 g/mol. The maximum atomic E-state index is 13.5. The van der Waals surface area contributed by atoms with Crippen LogP contribution in [-0.2, 0) is 14.3 Å². The minimum atomic E-state index is -5.95. The lowest BCUT2D eigenvalue weighted by Gasteiger charge is -2.51. The fourth-order valence-corrected chi connectivity index (χ4v) is 1.66. The Morgan fingerprint density at radius 1 is 0.905 bits per heavy atom. The van der Waals surface area contributed by atoms with Crippen LogP contribution in [0.1, 0.15) is 12.8 Å². The van der Waals surface area contributed by atoms with E-state index < -0.39 is 36.0 Å². The summed E-state index contributed by atoms with van der Waals surface area (Å²) in [6.45, 7) is 2.63. The van der Waals surface area contributed by atoms with Crippen molar-refractivity contribution in [3.05, 3.63) is 12.8 Å². The number of alkyl halides is 7. The topological polar surface area (TPSA) is 35.5 Å². The summed E-state index contributed by atoms with van der Waals surface area (Å²) in [6.07, 6.45) is 1.30. The van der Waals surface area contributed by atoms with Crippen LogP contribution in [0.5, 0.6) is 0 Å². The lowest BCUT2D eigenvalue weighted by atomic mass is 9.69. The number of unbranched alkanes of at least 4 members (excludes halogenated alkanes) is 1. The zero-order valence-corrected chi connectivity index (χ0v) is 10.5. The van der Waals surface area contributed by atoms with Crippen LogP contribution in [0.25, 0.3) is 0 Å². The molecule has 0 saturated heterocycles. The largest absolute Gasteiger partial charge is 0.502 e. The third-order valence-electron chi connectivity index (χ3n) is 2.94. The first kappa shape index (κ1) is 17.6. The van der Waals surface area contributed by atoms with Crippen LogP contribution in [0.4, 0.5) is 30.7 Å². The molecule has 0 bridgehead atoms. The molecule has 0 radical (unpaired) electrons. The van der Waals surface area contributed by atoms with Crippen molar-refractivity contribution in [1.29, 1.82) is 0 Å². The Hall–Kier alpha value is -1.48. The van der Waals surface area contributed by atoms with E-state index >= 15 is 0 Å². The molecule has 0 atom stereocenters. The summed E-state index contributed by atoms with van der Waals surface area (Å²) < 4.78 is 98.4. The zero-order chi connectivity index (χ0) is 16.5. The van der Waals surface area contributed by atoms with E-state index in [0.717, 1.165) is 6.26 Å². The fraction of sp³-hybridized carbons (Fsp3) is 0.727. The number of hydrogen-bond donors (Lipinski definition) is 0. The standard InChI is InChI=1S/C11H11F7O3/c1-2-20-5-3-4-6-21-7(19)8(12)9(13,14)11(17,18)10(8,15)16/h2H,1,3-6H2. The van der Waals surface area contributed by atoms with Gasteiger partial charge in [-0.15, -0.1) is 0 Å². The molecule has 0 spiro atoms. The molecule has 0 heterocycles. The van der Waals surface area contributed by atoms with E-state index in [1.165, 1.54) is 0 Å². The summed E-state index contributed by atoms with van der Waals surface area (Å²) in [7, 11) is 0. The summed E-state index contributed by atoms with van der Waals surface area (Å²) in [4.78, 5) is 11.0. The third kappa shape index (κ3) is 2.15. The molecule has 3 nitrogen and oxygen atoms in total. The molecule has 122 valence electrons.